The van der Waals surface area contributed by atoms with Gasteiger partial charge in [0, 0.05) is 18.1 Å². The summed E-state index contributed by atoms with van der Waals surface area (Å²) in [6, 6.07) is 6.93. The normalized spacial score (nSPS) is 12.9. The van der Waals surface area contributed by atoms with E-state index < -0.39 is 8.32 Å². The van der Waals surface area contributed by atoms with Crippen LogP contribution in [0.15, 0.2) is 23.3 Å². The van der Waals surface area contributed by atoms with Crippen molar-refractivity contribution in [3.8, 4) is 5.75 Å². The van der Waals surface area contributed by atoms with Gasteiger partial charge in [0.05, 0.1) is 5.92 Å². The summed E-state index contributed by atoms with van der Waals surface area (Å²) in [7, 11) is -1.67. The van der Waals surface area contributed by atoms with Crippen LogP contribution in [0, 0.1) is 25.2 Å². The van der Waals surface area contributed by atoms with E-state index >= 15 is 0 Å². The van der Waals surface area contributed by atoms with Crippen molar-refractivity contribution in [2.24, 2.45) is 16.4 Å². The van der Waals surface area contributed by atoms with Crippen molar-refractivity contribution in [2.75, 3.05) is 13.2 Å². The first-order valence-corrected chi connectivity index (χ1v) is 14.1. The molecule has 0 saturated heterocycles. The number of hydrogen-bond donors (Lipinski definition) is 0. The van der Waals surface area contributed by atoms with Gasteiger partial charge < -0.3 is 9.16 Å². The summed E-state index contributed by atoms with van der Waals surface area (Å²) < 4.78 is 12.0. The van der Waals surface area contributed by atoms with E-state index in [1.165, 1.54) is 12.8 Å². The van der Waals surface area contributed by atoms with Crippen LogP contribution in [0.3, 0.4) is 0 Å². The first-order valence-electron chi connectivity index (χ1n) is 11.0. The van der Waals surface area contributed by atoms with E-state index in [1.807, 2.05) is 32.0 Å². The standard InChI is InChI=1S/C23H39N3O3Si/c1-8-9-14-30(6,7)28-13-11-23(4,5)21(10-12-25-26-24)22(27)29-20-16-18(2)15-19(3)17-20/h15-17,21H,8-14H2,1-7H3. The van der Waals surface area contributed by atoms with E-state index in [2.05, 4.69) is 43.9 Å². The molecule has 6 nitrogen and oxygen atoms in total. The van der Waals surface area contributed by atoms with Crippen LogP contribution in [0.1, 0.15) is 57.6 Å². The largest absolute Gasteiger partial charge is 0.426 e. The van der Waals surface area contributed by atoms with Crippen LogP contribution in [-0.2, 0) is 9.22 Å². The van der Waals surface area contributed by atoms with Crippen molar-refractivity contribution >= 4 is 14.3 Å². The summed E-state index contributed by atoms with van der Waals surface area (Å²) in [5, 5.41) is 3.64. The second-order valence-electron chi connectivity index (χ2n) is 9.49. The number of ether oxygens (including phenoxy) is 1. The van der Waals surface area contributed by atoms with Gasteiger partial charge in [0.15, 0.2) is 8.32 Å². The highest BCUT2D eigenvalue weighted by molar-refractivity contribution is 6.71. The number of carbonyl (C=O) groups is 1. The number of aryl methyl sites for hydroxylation is 2. The molecule has 0 heterocycles. The average Bonchev–Trinajstić information content (AvgIpc) is 2.62. The van der Waals surface area contributed by atoms with Gasteiger partial charge in [-0.15, -0.1) is 0 Å². The second-order valence-corrected chi connectivity index (χ2v) is 13.8. The molecule has 0 aliphatic carbocycles. The van der Waals surface area contributed by atoms with Gasteiger partial charge in [-0.2, -0.15) is 0 Å². The Morgan fingerprint density at radius 1 is 1.23 bits per heavy atom. The summed E-state index contributed by atoms with van der Waals surface area (Å²) in [5.74, 6) is -0.0973. The number of esters is 1. The van der Waals surface area contributed by atoms with Crippen molar-refractivity contribution in [1.29, 1.82) is 0 Å². The predicted octanol–water partition coefficient (Wildman–Crippen LogP) is 6.96. The summed E-state index contributed by atoms with van der Waals surface area (Å²) in [4.78, 5) is 15.9. The minimum atomic E-state index is -1.67. The highest BCUT2D eigenvalue weighted by Gasteiger charge is 2.36. The van der Waals surface area contributed by atoms with Crippen LogP contribution in [0.2, 0.25) is 19.1 Å². The zero-order valence-electron chi connectivity index (χ0n) is 19.8. The van der Waals surface area contributed by atoms with Crippen molar-refractivity contribution < 1.29 is 14.0 Å². The minimum Gasteiger partial charge on any atom is -0.426 e. The number of hydrogen-bond acceptors (Lipinski definition) is 4. The van der Waals surface area contributed by atoms with Gasteiger partial charge in [-0.1, -0.05) is 44.8 Å². The molecule has 0 bridgehead atoms. The van der Waals surface area contributed by atoms with E-state index in [1.54, 1.807) is 0 Å². The quantitative estimate of drug-likeness (QED) is 0.0841. The maximum absolute atomic E-state index is 13.1. The summed E-state index contributed by atoms with van der Waals surface area (Å²) in [6.07, 6.45) is 3.58. The van der Waals surface area contributed by atoms with Gasteiger partial charge in [0.25, 0.3) is 0 Å². The zero-order chi connectivity index (χ0) is 22.8. The van der Waals surface area contributed by atoms with Gasteiger partial charge >= 0.3 is 5.97 Å². The third kappa shape index (κ3) is 9.33. The topological polar surface area (TPSA) is 84.3 Å². The highest BCUT2D eigenvalue weighted by Crippen LogP contribution is 2.35. The Morgan fingerprint density at radius 2 is 1.87 bits per heavy atom. The van der Waals surface area contributed by atoms with E-state index in [0.717, 1.165) is 23.6 Å². The van der Waals surface area contributed by atoms with Crippen molar-refractivity contribution in [3.05, 3.63) is 39.8 Å². The Balaban J connectivity index is 2.87. The first kappa shape index (κ1) is 26.2. The summed E-state index contributed by atoms with van der Waals surface area (Å²) in [5.41, 5.74) is 10.4. The van der Waals surface area contributed by atoms with Crippen LogP contribution < -0.4 is 4.74 Å². The molecule has 0 saturated carbocycles. The third-order valence-electron chi connectivity index (χ3n) is 5.59. The molecule has 1 unspecified atom stereocenters. The van der Waals surface area contributed by atoms with Gasteiger partial charge in [0.1, 0.15) is 5.75 Å². The fourth-order valence-electron chi connectivity index (χ4n) is 3.68. The Labute approximate surface area is 183 Å². The lowest BCUT2D eigenvalue weighted by Crippen LogP contribution is -2.37. The zero-order valence-corrected chi connectivity index (χ0v) is 20.8. The molecule has 0 aliphatic heterocycles. The van der Waals surface area contributed by atoms with E-state index in [-0.39, 0.29) is 23.8 Å². The molecule has 0 spiro atoms. The molecule has 7 heteroatoms. The van der Waals surface area contributed by atoms with E-state index in [9.17, 15) is 4.79 Å². The summed E-state index contributed by atoms with van der Waals surface area (Å²) in [6.45, 7) is 15.7. The van der Waals surface area contributed by atoms with Crippen LogP contribution in [-0.4, -0.2) is 27.4 Å². The van der Waals surface area contributed by atoms with Crippen LogP contribution in [0.5, 0.6) is 5.75 Å². The Hall–Kier alpha value is -1.82. The van der Waals surface area contributed by atoms with Crippen LogP contribution >= 0.6 is 0 Å². The van der Waals surface area contributed by atoms with Gasteiger partial charge in [-0.05, 0) is 80.0 Å². The average molecular weight is 434 g/mol. The fraction of sp³-hybridized carbons (Fsp3) is 0.696. The number of benzene rings is 1. The molecule has 0 amide bonds. The van der Waals surface area contributed by atoms with Crippen LogP contribution in [0.25, 0.3) is 10.4 Å². The number of unbranched alkanes of at least 4 members (excludes halogenated alkanes) is 1. The molecule has 0 fully saturated rings. The molecular formula is C23H39N3O3Si. The van der Waals surface area contributed by atoms with Gasteiger partial charge in [-0.25, -0.2) is 0 Å². The predicted molar refractivity (Wildman–Crippen MR) is 125 cm³/mol. The lowest BCUT2D eigenvalue weighted by Gasteiger charge is -2.34. The molecule has 1 rings (SSSR count). The Kier molecular flexibility index (Phi) is 10.6. The third-order valence-corrected chi connectivity index (χ3v) is 8.14. The highest BCUT2D eigenvalue weighted by atomic mass is 28.4. The lowest BCUT2D eigenvalue weighted by molar-refractivity contribution is -0.143. The minimum absolute atomic E-state index is 0.268. The van der Waals surface area contributed by atoms with Crippen molar-refractivity contribution in [1.82, 2.24) is 0 Å². The number of carbonyl (C=O) groups excluding carboxylic acids is 1. The van der Waals surface area contributed by atoms with Gasteiger partial charge in [0.2, 0.25) is 0 Å². The first-order chi connectivity index (χ1) is 14.0. The fourth-order valence-corrected chi connectivity index (χ4v) is 5.68. The molecule has 1 aromatic rings. The molecular weight excluding hydrogens is 394 g/mol. The van der Waals surface area contributed by atoms with Gasteiger partial charge in [-0.3, -0.25) is 4.79 Å². The molecule has 30 heavy (non-hydrogen) atoms. The lowest BCUT2D eigenvalue weighted by atomic mass is 9.74. The molecule has 0 aromatic heterocycles. The summed E-state index contributed by atoms with van der Waals surface area (Å²) >= 11 is 0. The van der Waals surface area contributed by atoms with E-state index in [4.69, 9.17) is 14.7 Å². The second kappa shape index (κ2) is 12.1. The van der Waals surface area contributed by atoms with E-state index in [0.29, 0.717) is 18.8 Å². The maximum atomic E-state index is 13.1. The number of rotatable bonds is 13. The Morgan fingerprint density at radius 3 is 2.43 bits per heavy atom. The maximum Gasteiger partial charge on any atom is 0.314 e. The number of nitrogens with zero attached hydrogens (tertiary/aromatic N) is 3. The van der Waals surface area contributed by atoms with Crippen molar-refractivity contribution in [2.45, 2.75) is 79.4 Å². The Bertz CT molecular complexity index is 723. The molecule has 0 aliphatic rings. The smallest absolute Gasteiger partial charge is 0.314 e. The van der Waals surface area contributed by atoms with Crippen molar-refractivity contribution in [3.63, 3.8) is 0 Å². The molecule has 0 radical (unpaired) electrons. The molecule has 168 valence electrons. The SMILES string of the molecule is CCCC[Si](C)(C)OCCC(C)(C)C(CCN=[N+]=[N-])C(=O)Oc1cc(C)cc(C)c1. The monoisotopic (exact) mass is 433 g/mol. The van der Waals surface area contributed by atoms with Crippen LogP contribution in [0.4, 0.5) is 0 Å². The molecule has 1 aromatic carbocycles. The number of azide groups is 1. The molecule has 1 atom stereocenters. The molecule has 0 N–H and O–H groups in total.